The maximum atomic E-state index is 12.9. The topological polar surface area (TPSA) is 108 Å². The average Bonchev–Trinajstić information content (AvgIpc) is 3.25. The van der Waals surface area contributed by atoms with Gasteiger partial charge in [0.1, 0.15) is 0 Å². The highest BCUT2D eigenvalue weighted by Gasteiger charge is 2.40. The van der Waals surface area contributed by atoms with Crippen molar-refractivity contribution in [2.24, 2.45) is 0 Å². The summed E-state index contributed by atoms with van der Waals surface area (Å²) in [6.45, 7) is 1.98. The second-order valence-electron chi connectivity index (χ2n) is 6.89. The fourth-order valence-electron chi connectivity index (χ4n) is 3.75. The lowest BCUT2D eigenvalue weighted by molar-refractivity contribution is 0.0549. The van der Waals surface area contributed by atoms with Crippen LogP contribution in [-0.2, 0) is 0 Å². The Labute approximate surface area is 166 Å². The van der Waals surface area contributed by atoms with Crippen molar-refractivity contribution in [1.82, 2.24) is 20.1 Å². The zero-order valence-corrected chi connectivity index (χ0v) is 16.3. The standard InChI is InChI=1S/C19H21N5O3S/c1-2-28-19-21-18(22-23-19)20-15(25)11-8-9-13-14(10-11)17(27)24(16(13)26)12-6-4-3-5-7-12/h8-10,12H,2-7H2,1H3,(H2,20,21,22,23,25). The van der Waals surface area contributed by atoms with Crippen LogP contribution in [0.1, 0.15) is 70.1 Å². The molecular formula is C19H21N5O3S. The SMILES string of the molecule is CCSc1n[nH]c(NC(=O)c2ccc3c(c2)C(=O)N(C2CCCCC2)C3=O)n1. The van der Waals surface area contributed by atoms with E-state index in [9.17, 15) is 14.4 Å². The van der Waals surface area contributed by atoms with Gasteiger partial charge in [0.25, 0.3) is 17.7 Å². The third-order valence-corrected chi connectivity index (χ3v) is 5.82. The summed E-state index contributed by atoms with van der Waals surface area (Å²) in [6.07, 6.45) is 4.90. The Balaban J connectivity index is 1.53. The van der Waals surface area contributed by atoms with Crippen LogP contribution < -0.4 is 5.32 Å². The molecule has 1 aliphatic carbocycles. The molecule has 2 aromatic rings. The van der Waals surface area contributed by atoms with Crippen LogP contribution in [0.4, 0.5) is 5.95 Å². The lowest BCUT2D eigenvalue weighted by Gasteiger charge is -2.29. The smallest absolute Gasteiger partial charge is 0.261 e. The van der Waals surface area contributed by atoms with E-state index in [-0.39, 0.29) is 23.8 Å². The molecule has 1 aromatic carbocycles. The highest BCUT2D eigenvalue weighted by atomic mass is 32.2. The van der Waals surface area contributed by atoms with Gasteiger partial charge in [-0.05, 0) is 36.8 Å². The Morgan fingerprint density at radius 1 is 1.21 bits per heavy atom. The number of thioether (sulfide) groups is 1. The zero-order valence-electron chi connectivity index (χ0n) is 15.5. The van der Waals surface area contributed by atoms with Crippen molar-refractivity contribution in [1.29, 1.82) is 0 Å². The van der Waals surface area contributed by atoms with Crippen molar-refractivity contribution in [3.8, 4) is 0 Å². The molecule has 1 aliphatic heterocycles. The predicted octanol–water partition coefficient (Wildman–Crippen LogP) is 3.10. The van der Waals surface area contributed by atoms with E-state index in [1.807, 2.05) is 6.92 Å². The van der Waals surface area contributed by atoms with Crippen molar-refractivity contribution in [2.75, 3.05) is 11.1 Å². The largest absolute Gasteiger partial charge is 0.291 e. The molecule has 2 N–H and O–H groups in total. The van der Waals surface area contributed by atoms with Gasteiger partial charge in [0.05, 0.1) is 11.1 Å². The first kappa shape index (κ1) is 18.7. The highest BCUT2D eigenvalue weighted by Crippen LogP contribution is 2.31. The van der Waals surface area contributed by atoms with Gasteiger partial charge in [-0.25, -0.2) is 5.10 Å². The van der Waals surface area contributed by atoms with Crippen LogP contribution in [0, 0.1) is 0 Å². The summed E-state index contributed by atoms with van der Waals surface area (Å²) in [5, 5.41) is 9.86. The third kappa shape index (κ3) is 3.42. The second kappa shape index (κ2) is 7.75. The van der Waals surface area contributed by atoms with E-state index in [2.05, 4.69) is 20.5 Å². The summed E-state index contributed by atoms with van der Waals surface area (Å²) in [4.78, 5) is 43.7. The summed E-state index contributed by atoms with van der Waals surface area (Å²) in [6, 6.07) is 4.57. The molecule has 0 radical (unpaired) electrons. The number of imide groups is 1. The van der Waals surface area contributed by atoms with Crippen molar-refractivity contribution in [3.63, 3.8) is 0 Å². The summed E-state index contributed by atoms with van der Waals surface area (Å²) in [5.74, 6) is 0.0955. The molecule has 3 amide bonds. The number of carbonyl (C=O) groups excluding carboxylic acids is 3. The number of aromatic amines is 1. The van der Waals surface area contributed by atoms with Gasteiger partial charge in [-0.2, -0.15) is 4.98 Å². The van der Waals surface area contributed by atoms with E-state index in [0.29, 0.717) is 21.8 Å². The molecule has 0 atom stereocenters. The summed E-state index contributed by atoms with van der Waals surface area (Å²) in [7, 11) is 0. The van der Waals surface area contributed by atoms with Crippen molar-refractivity contribution >= 4 is 35.4 Å². The number of H-pyrrole nitrogens is 1. The monoisotopic (exact) mass is 399 g/mol. The number of nitrogens with one attached hydrogen (secondary N) is 2. The molecule has 1 aromatic heterocycles. The Bertz CT molecular complexity index is 935. The number of aromatic nitrogens is 3. The van der Waals surface area contributed by atoms with Crippen LogP contribution in [0.3, 0.4) is 0 Å². The van der Waals surface area contributed by atoms with E-state index in [4.69, 9.17) is 0 Å². The first-order chi connectivity index (χ1) is 13.6. The number of carbonyl (C=O) groups is 3. The van der Waals surface area contributed by atoms with Gasteiger partial charge in [0, 0.05) is 11.6 Å². The Kier molecular flexibility index (Phi) is 5.17. The minimum absolute atomic E-state index is 0.0397. The van der Waals surface area contributed by atoms with Crippen molar-refractivity contribution in [3.05, 3.63) is 34.9 Å². The van der Waals surface area contributed by atoms with Crippen LogP contribution in [-0.4, -0.2) is 49.6 Å². The van der Waals surface area contributed by atoms with Gasteiger partial charge < -0.3 is 0 Å². The number of anilines is 1. The van der Waals surface area contributed by atoms with Gasteiger partial charge in [-0.3, -0.25) is 24.6 Å². The molecule has 9 heteroatoms. The molecule has 4 rings (SSSR count). The molecule has 2 heterocycles. The Morgan fingerprint density at radius 3 is 2.71 bits per heavy atom. The van der Waals surface area contributed by atoms with E-state index in [1.165, 1.54) is 22.7 Å². The molecule has 8 nitrogen and oxygen atoms in total. The predicted molar refractivity (Wildman–Crippen MR) is 105 cm³/mol. The average molecular weight is 399 g/mol. The maximum absolute atomic E-state index is 12.9. The Morgan fingerprint density at radius 2 is 1.96 bits per heavy atom. The lowest BCUT2D eigenvalue weighted by atomic mass is 9.94. The third-order valence-electron chi connectivity index (χ3n) is 5.09. The molecule has 1 saturated carbocycles. The van der Waals surface area contributed by atoms with Crippen LogP contribution >= 0.6 is 11.8 Å². The molecule has 0 spiro atoms. The maximum Gasteiger partial charge on any atom is 0.261 e. The fraction of sp³-hybridized carbons (Fsp3) is 0.421. The normalized spacial score (nSPS) is 17.1. The quantitative estimate of drug-likeness (QED) is 0.591. The molecule has 1 fully saturated rings. The summed E-state index contributed by atoms with van der Waals surface area (Å²) in [5.41, 5.74) is 0.961. The zero-order chi connectivity index (χ0) is 19.7. The Hall–Kier alpha value is -2.68. The van der Waals surface area contributed by atoms with Gasteiger partial charge >= 0.3 is 0 Å². The van der Waals surface area contributed by atoms with Gasteiger partial charge in [-0.1, -0.05) is 37.9 Å². The molecule has 0 unspecified atom stereocenters. The molecule has 28 heavy (non-hydrogen) atoms. The summed E-state index contributed by atoms with van der Waals surface area (Å²) >= 11 is 1.46. The van der Waals surface area contributed by atoms with E-state index in [1.54, 1.807) is 12.1 Å². The first-order valence-electron chi connectivity index (χ1n) is 9.47. The molecule has 146 valence electrons. The van der Waals surface area contributed by atoms with Crippen LogP contribution in [0.2, 0.25) is 0 Å². The first-order valence-corrected chi connectivity index (χ1v) is 10.5. The minimum Gasteiger partial charge on any atom is -0.291 e. The van der Waals surface area contributed by atoms with Crippen LogP contribution in [0.5, 0.6) is 0 Å². The number of fused-ring (bicyclic) bond motifs is 1. The minimum atomic E-state index is -0.414. The van der Waals surface area contributed by atoms with E-state index >= 15 is 0 Å². The number of hydrogen-bond donors (Lipinski definition) is 2. The number of nitrogens with zero attached hydrogens (tertiary/aromatic N) is 3. The molecule has 0 bridgehead atoms. The fourth-order valence-corrected chi connectivity index (χ4v) is 4.27. The van der Waals surface area contributed by atoms with Gasteiger partial charge in [-0.15, -0.1) is 5.10 Å². The number of rotatable bonds is 5. The lowest BCUT2D eigenvalue weighted by Crippen LogP contribution is -2.40. The molecule has 2 aliphatic rings. The van der Waals surface area contributed by atoms with Gasteiger partial charge in [0.15, 0.2) is 0 Å². The highest BCUT2D eigenvalue weighted by molar-refractivity contribution is 7.99. The second-order valence-corrected chi connectivity index (χ2v) is 8.12. The summed E-state index contributed by atoms with van der Waals surface area (Å²) < 4.78 is 0. The van der Waals surface area contributed by atoms with E-state index in [0.717, 1.165) is 37.9 Å². The van der Waals surface area contributed by atoms with Crippen molar-refractivity contribution in [2.45, 2.75) is 50.2 Å². The van der Waals surface area contributed by atoms with E-state index < -0.39 is 5.91 Å². The number of benzene rings is 1. The van der Waals surface area contributed by atoms with Crippen LogP contribution in [0.25, 0.3) is 0 Å². The molecular weight excluding hydrogens is 378 g/mol. The number of amides is 3. The van der Waals surface area contributed by atoms with Crippen LogP contribution in [0.15, 0.2) is 23.4 Å². The number of hydrogen-bond acceptors (Lipinski definition) is 6. The molecule has 0 saturated heterocycles. The van der Waals surface area contributed by atoms with Gasteiger partial charge in [0.2, 0.25) is 11.1 Å². The van der Waals surface area contributed by atoms with Crippen molar-refractivity contribution < 1.29 is 14.4 Å².